The highest BCUT2D eigenvalue weighted by Crippen LogP contribution is 2.28. The van der Waals surface area contributed by atoms with Crippen LogP contribution in [0.2, 0.25) is 10.0 Å². The van der Waals surface area contributed by atoms with E-state index in [0.29, 0.717) is 10.0 Å². The van der Waals surface area contributed by atoms with E-state index >= 15 is 0 Å². The topological polar surface area (TPSA) is 0 Å². The van der Waals surface area contributed by atoms with Crippen LogP contribution < -0.4 is 0 Å². The molecule has 2 aromatic rings. The summed E-state index contributed by atoms with van der Waals surface area (Å²) < 4.78 is 0. The van der Waals surface area contributed by atoms with Gasteiger partial charge in [0.05, 0.1) is 10.0 Å². The van der Waals surface area contributed by atoms with E-state index in [1.54, 1.807) is 0 Å². The van der Waals surface area contributed by atoms with E-state index < -0.39 is 0 Å². The highest BCUT2D eigenvalue weighted by Gasteiger charge is 2.02. The Labute approximate surface area is 106 Å². The van der Waals surface area contributed by atoms with Crippen molar-refractivity contribution >= 4 is 23.2 Å². The first-order valence-electron chi connectivity index (χ1n) is 5.25. The standard InChI is InChI=1S/C14H12Cl2/c1-2-10-4-3-5-11(8-10)12-6-7-13(15)14(16)9-12/h3-9H,2H2,1H3. The Bertz CT molecular complexity index is 504. The lowest BCUT2D eigenvalue weighted by Crippen LogP contribution is -1.83. The molecule has 0 saturated carbocycles. The van der Waals surface area contributed by atoms with E-state index in [1.807, 2.05) is 18.2 Å². The van der Waals surface area contributed by atoms with Crippen LogP contribution in [0, 0.1) is 0 Å². The van der Waals surface area contributed by atoms with E-state index in [4.69, 9.17) is 23.2 Å². The maximum Gasteiger partial charge on any atom is 0.0598 e. The Morgan fingerprint density at radius 1 is 0.875 bits per heavy atom. The maximum atomic E-state index is 6.01. The minimum atomic E-state index is 0.595. The minimum Gasteiger partial charge on any atom is -0.0827 e. The van der Waals surface area contributed by atoms with Crippen LogP contribution >= 0.6 is 23.2 Å². The van der Waals surface area contributed by atoms with E-state index in [2.05, 4.69) is 31.2 Å². The van der Waals surface area contributed by atoms with Crippen LogP contribution in [-0.4, -0.2) is 0 Å². The summed E-state index contributed by atoms with van der Waals surface area (Å²) in [5, 5.41) is 1.19. The largest absolute Gasteiger partial charge is 0.0827 e. The van der Waals surface area contributed by atoms with Gasteiger partial charge in [0.15, 0.2) is 0 Å². The first-order chi connectivity index (χ1) is 7.70. The van der Waals surface area contributed by atoms with Crippen LogP contribution in [0.5, 0.6) is 0 Å². The summed E-state index contributed by atoms with van der Waals surface area (Å²) in [5.74, 6) is 0. The second-order valence-corrected chi connectivity index (χ2v) is 4.50. The Morgan fingerprint density at radius 2 is 1.62 bits per heavy atom. The molecule has 0 nitrogen and oxygen atoms in total. The lowest BCUT2D eigenvalue weighted by Gasteiger charge is -2.05. The minimum absolute atomic E-state index is 0.595. The third kappa shape index (κ3) is 2.40. The van der Waals surface area contributed by atoms with Crippen molar-refractivity contribution in [1.82, 2.24) is 0 Å². The van der Waals surface area contributed by atoms with Crippen molar-refractivity contribution in [1.29, 1.82) is 0 Å². The van der Waals surface area contributed by atoms with Crippen molar-refractivity contribution in [2.75, 3.05) is 0 Å². The van der Waals surface area contributed by atoms with Crippen LogP contribution in [0.3, 0.4) is 0 Å². The highest BCUT2D eigenvalue weighted by molar-refractivity contribution is 6.42. The number of hydrogen-bond acceptors (Lipinski definition) is 0. The SMILES string of the molecule is CCc1cccc(-c2ccc(Cl)c(Cl)c2)c1. The van der Waals surface area contributed by atoms with E-state index in [-0.39, 0.29) is 0 Å². The molecule has 0 heterocycles. The number of hydrogen-bond donors (Lipinski definition) is 0. The Kier molecular flexibility index (Phi) is 3.52. The molecule has 0 aliphatic heterocycles. The molecule has 0 unspecified atom stereocenters. The lowest BCUT2D eigenvalue weighted by molar-refractivity contribution is 1.14. The van der Waals surface area contributed by atoms with Crippen molar-refractivity contribution in [3.8, 4) is 11.1 Å². The third-order valence-electron chi connectivity index (χ3n) is 2.59. The molecule has 0 aliphatic rings. The number of aryl methyl sites for hydroxylation is 1. The molecule has 2 heteroatoms. The summed E-state index contributed by atoms with van der Waals surface area (Å²) in [7, 11) is 0. The monoisotopic (exact) mass is 250 g/mol. The molecule has 0 bridgehead atoms. The number of benzene rings is 2. The molecule has 0 fully saturated rings. The zero-order valence-electron chi connectivity index (χ0n) is 9.00. The molecule has 0 aliphatic carbocycles. The molecule has 0 aromatic heterocycles. The van der Waals surface area contributed by atoms with E-state index in [9.17, 15) is 0 Å². The predicted molar refractivity (Wildman–Crippen MR) is 71.3 cm³/mol. The molecule has 0 spiro atoms. The van der Waals surface area contributed by atoms with Gasteiger partial charge in [-0.2, -0.15) is 0 Å². The zero-order chi connectivity index (χ0) is 11.5. The quantitative estimate of drug-likeness (QED) is 0.686. The van der Waals surface area contributed by atoms with Crippen LogP contribution in [0.25, 0.3) is 11.1 Å². The van der Waals surface area contributed by atoms with Crippen LogP contribution in [-0.2, 0) is 6.42 Å². The van der Waals surface area contributed by atoms with Crippen LogP contribution in [0.4, 0.5) is 0 Å². The number of halogens is 2. The van der Waals surface area contributed by atoms with Gasteiger partial charge in [0.1, 0.15) is 0 Å². The molecule has 2 aromatic carbocycles. The fourth-order valence-corrected chi connectivity index (χ4v) is 1.94. The van der Waals surface area contributed by atoms with Gasteiger partial charge in [-0.3, -0.25) is 0 Å². The van der Waals surface area contributed by atoms with Gasteiger partial charge in [0.25, 0.3) is 0 Å². The van der Waals surface area contributed by atoms with Gasteiger partial charge >= 0.3 is 0 Å². The predicted octanol–water partition coefficient (Wildman–Crippen LogP) is 5.22. The molecule has 0 saturated heterocycles. The van der Waals surface area contributed by atoms with Crippen LogP contribution in [0.15, 0.2) is 42.5 Å². The van der Waals surface area contributed by atoms with Crippen molar-refractivity contribution in [3.63, 3.8) is 0 Å². The molecule has 0 radical (unpaired) electrons. The lowest BCUT2D eigenvalue weighted by atomic mass is 10.0. The molecular formula is C14H12Cl2. The Morgan fingerprint density at radius 3 is 2.31 bits per heavy atom. The summed E-state index contributed by atoms with van der Waals surface area (Å²) in [6.07, 6.45) is 1.04. The van der Waals surface area contributed by atoms with Crippen molar-refractivity contribution in [2.45, 2.75) is 13.3 Å². The molecule has 0 amide bonds. The van der Waals surface area contributed by atoms with Gasteiger partial charge in [-0.1, -0.05) is 60.5 Å². The Hall–Kier alpha value is -0.980. The maximum absolute atomic E-state index is 6.01. The molecule has 82 valence electrons. The fourth-order valence-electron chi connectivity index (χ4n) is 1.65. The van der Waals surface area contributed by atoms with Gasteiger partial charge in [-0.15, -0.1) is 0 Å². The average Bonchev–Trinajstić information content (AvgIpc) is 2.33. The molecule has 0 N–H and O–H groups in total. The first kappa shape index (κ1) is 11.5. The average molecular weight is 251 g/mol. The van der Waals surface area contributed by atoms with Gasteiger partial charge in [-0.25, -0.2) is 0 Å². The second-order valence-electron chi connectivity index (χ2n) is 3.68. The van der Waals surface area contributed by atoms with Crippen molar-refractivity contribution in [3.05, 3.63) is 58.1 Å². The Balaban J connectivity index is 2.46. The van der Waals surface area contributed by atoms with Crippen LogP contribution in [0.1, 0.15) is 12.5 Å². The van der Waals surface area contributed by atoms with E-state index in [0.717, 1.165) is 12.0 Å². The summed E-state index contributed by atoms with van der Waals surface area (Å²) in [6, 6.07) is 14.2. The summed E-state index contributed by atoms with van der Waals surface area (Å²) in [5.41, 5.74) is 3.60. The normalized spacial score (nSPS) is 10.4. The number of rotatable bonds is 2. The first-order valence-corrected chi connectivity index (χ1v) is 6.00. The van der Waals surface area contributed by atoms with Gasteiger partial charge in [0.2, 0.25) is 0 Å². The van der Waals surface area contributed by atoms with Crippen molar-refractivity contribution in [2.24, 2.45) is 0 Å². The third-order valence-corrected chi connectivity index (χ3v) is 3.33. The molecule has 16 heavy (non-hydrogen) atoms. The molecule has 0 atom stereocenters. The second kappa shape index (κ2) is 4.90. The highest BCUT2D eigenvalue weighted by atomic mass is 35.5. The fraction of sp³-hybridized carbons (Fsp3) is 0.143. The molecule has 2 rings (SSSR count). The summed E-state index contributed by atoms with van der Waals surface area (Å²) in [6.45, 7) is 2.15. The van der Waals surface area contributed by atoms with Gasteiger partial charge < -0.3 is 0 Å². The molecular weight excluding hydrogens is 239 g/mol. The zero-order valence-corrected chi connectivity index (χ0v) is 10.5. The van der Waals surface area contributed by atoms with Gasteiger partial charge in [-0.05, 0) is 35.2 Å². The van der Waals surface area contributed by atoms with Crippen molar-refractivity contribution < 1.29 is 0 Å². The van der Waals surface area contributed by atoms with E-state index in [1.165, 1.54) is 11.1 Å². The summed E-state index contributed by atoms with van der Waals surface area (Å²) in [4.78, 5) is 0. The summed E-state index contributed by atoms with van der Waals surface area (Å²) >= 11 is 11.9. The van der Waals surface area contributed by atoms with Gasteiger partial charge in [0, 0.05) is 0 Å². The smallest absolute Gasteiger partial charge is 0.0598 e.